The van der Waals surface area contributed by atoms with Crippen LogP contribution in [0.25, 0.3) is 0 Å². The maximum absolute atomic E-state index is 11.8. The van der Waals surface area contributed by atoms with Gasteiger partial charge in [0.05, 0.1) is 0 Å². The Morgan fingerprint density at radius 2 is 2.16 bits per heavy atom. The lowest BCUT2D eigenvalue weighted by molar-refractivity contribution is -0.129. The van der Waals surface area contributed by atoms with Gasteiger partial charge in [0.15, 0.2) is 0 Å². The van der Waals surface area contributed by atoms with E-state index in [1.807, 2.05) is 39.1 Å². The zero-order valence-electron chi connectivity index (χ0n) is 12.2. The highest BCUT2D eigenvalue weighted by Crippen LogP contribution is 2.19. The third-order valence-corrected chi connectivity index (χ3v) is 3.37. The first-order valence-electron chi connectivity index (χ1n) is 6.94. The van der Waals surface area contributed by atoms with Crippen molar-refractivity contribution in [2.24, 2.45) is 5.41 Å². The van der Waals surface area contributed by atoms with Crippen molar-refractivity contribution in [1.29, 1.82) is 0 Å². The molecule has 1 heterocycles. The molecular formula is C15H25N3O. The molecule has 0 aliphatic heterocycles. The van der Waals surface area contributed by atoms with Gasteiger partial charge in [-0.1, -0.05) is 26.8 Å². The van der Waals surface area contributed by atoms with Crippen molar-refractivity contribution in [2.45, 2.75) is 40.2 Å². The van der Waals surface area contributed by atoms with Crippen LogP contribution < -0.4 is 10.6 Å². The van der Waals surface area contributed by atoms with E-state index in [1.54, 1.807) is 6.20 Å². The number of carbonyl (C=O) groups excluding carboxylic acids is 1. The molecule has 0 bridgehead atoms. The molecule has 0 unspecified atom stereocenters. The van der Waals surface area contributed by atoms with E-state index >= 15 is 0 Å². The maximum Gasteiger partial charge on any atom is 0.225 e. The van der Waals surface area contributed by atoms with Crippen molar-refractivity contribution >= 4 is 5.91 Å². The topological polar surface area (TPSA) is 54.0 Å². The van der Waals surface area contributed by atoms with Crippen molar-refractivity contribution in [3.05, 3.63) is 30.1 Å². The fourth-order valence-corrected chi connectivity index (χ4v) is 1.55. The molecule has 4 nitrogen and oxygen atoms in total. The van der Waals surface area contributed by atoms with E-state index in [-0.39, 0.29) is 11.3 Å². The second-order valence-corrected chi connectivity index (χ2v) is 5.38. The van der Waals surface area contributed by atoms with Crippen LogP contribution in [0.2, 0.25) is 0 Å². The molecule has 0 atom stereocenters. The lowest BCUT2D eigenvalue weighted by atomic mass is 9.89. The molecule has 1 rings (SSSR count). The van der Waals surface area contributed by atoms with E-state index in [2.05, 4.69) is 15.6 Å². The fraction of sp³-hybridized carbons (Fsp3) is 0.600. The maximum atomic E-state index is 11.8. The molecule has 19 heavy (non-hydrogen) atoms. The van der Waals surface area contributed by atoms with Crippen LogP contribution in [-0.4, -0.2) is 24.0 Å². The Morgan fingerprint density at radius 1 is 1.37 bits per heavy atom. The molecule has 0 saturated carbocycles. The summed E-state index contributed by atoms with van der Waals surface area (Å²) in [5.74, 6) is 0.141. The lowest BCUT2D eigenvalue weighted by Gasteiger charge is -2.21. The Kier molecular flexibility index (Phi) is 6.50. The Hall–Kier alpha value is -1.42. The molecule has 0 spiro atoms. The fourth-order valence-electron chi connectivity index (χ4n) is 1.55. The molecule has 106 valence electrons. The van der Waals surface area contributed by atoms with Crippen molar-refractivity contribution in [3.8, 4) is 0 Å². The molecule has 1 aromatic heterocycles. The third kappa shape index (κ3) is 5.83. The summed E-state index contributed by atoms with van der Waals surface area (Å²) in [7, 11) is 0. The summed E-state index contributed by atoms with van der Waals surface area (Å²) in [4.78, 5) is 15.9. The number of carbonyl (C=O) groups is 1. The lowest BCUT2D eigenvalue weighted by Crippen LogP contribution is -2.37. The van der Waals surface area contributed by atoms with Gasteiger partial charge in [0.1, 0.15) is 0 Å². The molecular weight excluding hydrogens is 238 g/mol. The van der Waals surface area contributed by atoms with Gasteiger partial charge in [-0.2, -0.15) is 0 Å². The molecule has 0 fully saturated rings. The van der Waals surface area contributed by atoms with Gasteiger partial charge in [0, 0.05) is 30.9 Å². The smallest absolute Gasteiger partial charge is 0.225 e. The van der Waals surface area contributed by atoms with Crippen molar-refractivity contribution in [1.82, 2.24) is 15.6 Å². The zero-order chi connectivity index (χ0) is 14.1. The Bertz CT molecular complexity index is 376. The van der Waals surface area contributed by atoms with Gasteiger partial charge in [0.2, 0.25) is 5.91 Å². The van der Waals surface area contributed by atoms with E-state index in [0.29, 0.717) is 0 Å². The van der Waals surface area contributed by atoms with E-state index < -0.39 is 0 Å². The summed E-state index contributed by atoms with van der Waals surface area (Å²) in [5, 5.41) is 6.32. The van der Waals surface area contributed by atoms with Gasteiger partial charge in [-0.15, -0.1) is 0 Å². The second kappa shape index (κ2) is 7.89. The largest absolute Gasteiger partial charge is 0.356 e. The average Bonchev–Trinajstić information content (AvgIpc) is 2.43. The Morgan fingerprint density at radius 3 is 2.79 bits per heavy atom. The van der Waals surface area contributed by atoms with Crippen LogP contribution in [-0.2, 0) is 11.3 Å². The number of nitrogens with zero attached hydrogens (tertiary/aromatic N) is 1. The average molecular weight is 263 g/mol. The van der Waals surface area contributed by atoms with E-state index in [1.165, 1.54) is 5.56 Å². The number of hydrogen-bond donors (Lipinski definition) is 2. The molecule has 0 radical (unpaired) electrons. The summed E-state index contributed by atoms with van der Waals surface area (Å²) >= 11 is 0. The van der Waals surface area contributed by atoms with Crippen LogP contribution in [0.4, 0.5) is 0 Å². The minimum absolute atomic E-state index is 0.141. The number of pyridine rings is 1. The zero-order valence-corrected chi connectivity index (χ0v) is 12.2. The van der Waals surface area contributed by atoms with Gasteiger partial charge in [-0.25, -0.2) is 0 Å². The van der Waals surface area contributed by atoms with Crippen LogP contribution in [0, 0.1) is 5.41 Å². The van der Waals surface area contributed by atoms with Gasteiger partial charge >= 0.3 is 0 Å². The van der Waals surface area contributed by atoms with Crippen molar-refractivity contribution in [3.63, 3.8) is 0 Å². The number of hydrogen-bond acceptors (Lipinski definition) is 3. The van der Waals surface area contributed by atoms with Gasteiger partial charge in [-0.05, 0) is 31.0 Å². The highest BCUT2D eigenvalue weighted by atomic mass is 16.2. The molecule has 0 aliphatic carbocycles. The number of nitrogens with one attached hydrogen (secondary N) is 2. The van der Waals surface area contributed by atoms with Crippen molar-refractivity contribution in [2.75, 3.05) is 13.1 Å². The standard InChI is InChI=1S/C15H25N3O/c1-4-15(2,3)14(19)18-10-6-9-17-12-13-7-5-8-16-11-13/h5,7-8,11,17H,4,6,9-10,12H2,1-3H3,(H,18,19). The summed E-state index contributed by atoms with van der Waals surface area (Å²) in [6, 6.07) is 3.98. The molecule has 0 aromatic carbocycles. The first-order valence-corrected chi connectivity index (χ1v) is 6.94. The molecule has 1 aromatic rings. The predicted molar refractivity (Wildman–Crippen MR) is 77.6 cm³/mol. The van der Waals surface area contributed by atoms with Gasteiger partial charge in [-0.3, -0.25) is 9.78 Å². The molecule has 1 amide bonds. The molecule has 4 heteroatoms. The number of amides is 1. The normalized spacial score (nSPS) is 11.3. The highest BCUT2D eigenvalue weighted by Gasteiger charge is 2.24. The van der Waals surface area contributed by atoms with E-state index in [0.717, 1.165) is 32.5 Å². The minimum atomic E-state index is -0.261. The SMILES string of the molecule is CCC(C)(C)C(=O)NCCCNCc1cccnc1. The Labute approximate surface area is 116 Å². The molecule has 2 N–H and O–H groups in total. The highest BCUT2D eigenvalue weighted by molar-refractivity contribution is 5.81. The summed E-state index contributed by atoms with van der Waals surface area (Å²) < 4.78 is 0. The monoisotopic (exact) mass is 263 g/mol. The van der Waals surface area contributed by atoms with E-state index in [9.17, 15) is 4.79 Å². The summed E-state index contributed by atoms with van der Waals surface area (Å²) in [6.45, 7) is 8.42. The van der Waals surface area contributed by atoms with Gasteiger partial charge in [0.25, 0.3) is 0 Å². The number of aromatic nitrogens is 1. The van der Waals surface area contributed by atoms with Crippen LogP contribution in [0.5, 0.6) is 0 Å². The summed E-state index contributed by atoms with van der Waals surface area (Å²) in [6.07, 6.45) is 5.43. The molecule has 0 aliphatic rings. The van der Waals surface area contributed by atoms with Crippen molar-refractivity contribution < 1.29 is 4.79 Å². The van der Waals surface area contributed by atoms with E-state index in [4.69, 9.17) is 0 Å². The molecule has 0 saturated heterocycles. The minimum Gasteiger partial charge on any atom is -0.356 e. The summed E-state index contributed by atoms with van der Waals surface area (Å²) in [5.41, 5.74) is 0.919. The Balaban J connectivity index is 2.07. The van der Waals surface area contributed by atoms with Gasteiger partial charge < -0.3 is 10.6 Å². The van der Waals surface area contributed by atoms with Crippen LogP contribution in [0.3, 0.4) is 0 Å². The second-order valence-electron chi connectivity index (χ2n) is 5.38. The first-order chi connectivity index (χ1) is 9.06. The van der Waals surface area contributed by atoms with Crippen LogP contribution in [0.15, 0.2) is 24.5 Å². The first kappa shape index (κ1) is 15.6. The quantitative estimate of drug-likeness (QED) is 0.706. The van der Waals surface area contributed by atoms with Crippen LogP contribution in [0.1, 0.15) is 39.2 Å². The number of rotatable bonds is 8. The predicted octanol–water partition coefficient (Wildman–Crippen LogP) is 2.11. The van der Waals surface area contributed by atoms with Crippen LogP contribution >= 0.6 is 0 Å². The third-order valence-electron chi connectivity index (χ3n) is 3.37.